The van der Waals surface area contributed by atoms with E-state index in [4.69, 9.17) is 21.1 Å². The predicted octanol–water partition coefficient (Wildman–Crippen LogP) is 4.23. The first-order valence-electron chi connectivity index (χ1n) is 7.91. The molecule has 0 bridgehead atoms. The third kappa shape index (κ3) is 5.22. The van der Waals surface area contributed by atoms with Crippen LogP contribution in [0.2, 0.25) is 5.02 Å². The highest BCUT2D eigenvalue weighted by Gasteiger charge is 2.16. The van der Waals surface area contributed by atoms with Crippen LogP contribution in [0.25, 0.3) is 0 Å². The summed E-state index contributed by atoms with van der Waals surface area (Å²) >= 11 is 5.82. The molecule has 0 aliphatic carbocycles. The highest BCUT2D eigenvalue weighted by atomic mass is 35.5. The lowest BCUT2D eigenvalue weighted by Gasteiger charge is -2.16. The van der Waals surface area contributed by atoms with Gasteiger partial charge in [0, 0.05) is 10.7 Å². The molecule has 0 spiro atoms. The molecule has 0 aliphatic heterocycles. The molecule has 1 amide bonds. The average Bonchev–Trinajstić information content (AvgIpc) is 2.58. The predicted molar refractivity (Wildman–Crippen MR) is 97.3 cm³/mol. The summed E-state index contributed by atoms with van der Waals surface area (Å²) in [6.45, 7) is 5.53. The molecule has 132 valence electrons. The molecule has 0 radical (unpaired) electrons. The minimum absolute atomic E-state index is 0.290. The fraction of sp³-hybridized carbons (Fsp3) is 0.263. The number of anilines is 1. The van der Waals surface area contributed by atoms with Gasteiger partial charge in [0.05, 0.1) is 12.2 Å². The third-order valence-electron chi connectivity index (χ3n) is 3.49. The number of rotatable bonds is 6. The molecule has 0 unspecified atom stereocenters. The van der Waals surface area contributed by atoms with Crippen LogP contribution in [0.5, 0.6) is 5.75 Å². The summed E-state index contributed by atoms with van der Waals surface area (Å²) in [6.07, 6.45) is -0.690. The standard InChI is InChI=1S/C19H20ClNO4/c1-4-24-19(23)14-5-10-17(12(2)11-14)21-18(22)13(3)25-16-8-6-15(20)7-9-16/h5-11,13H,4H2,1-3H3,(H,21,22)/t13-/m1/s1. The molecule has 0 saturated heterocycles. The number of nitrogens with one attached hydrogen (secondary N) is 1. The maximum absolute atomic E-state index is 12.3. The van der Waals surface area contributed by atoms with Crippen molar-refractivity contribution in [3.8, 4) is 5.75 Å². The summed E-state index contributed by atoms with van der Waals surface area (Å²) in [4.78, 5) is 24.0. The first kappa shape index (κ1) is 18.8. The zero-order chi connectivity index (χ0) is 18.4. The first-order chi connectivity index (χ1) is 11.9. The van der Waals surface area contributed by atoms with Gasteiger partial charge in [0.2, 0.25) is 0 Å². The Morgan fingerprint density at radius 1 is 1.16 bits per heavy atom. The summed E-state index contributed by atoms with van der Waals surface area (Å²) in [5, 5.41) is 3.40. The van der Waals surface area contributed by atoms with E-state index >= 15 is 0 Å². The van der Waals surface area contributed by atoms with Gasteiger partial charge in [-0.1, -0.05) is 11.6 Å². The minimum Gasteiger partial charge on any atom is -0.481 e. The normalized spacial score (nSPS) is 11.5. The molecule has 0 heterocycles. The highest BCUT2D eigenvalue weighted by molar-refractivity contribution is 6.30. The monoisotopic (exact) mass is 361 g/mol. The first-order valence-corrected chi connectivity index (χ1v) is 8.29. The van der Waals surface area contributed by atoms with Gasteiger partial charge in [-0.2, -0.15) is 0 Å². The zero-order valence-corrected chi connectivity index (χ0v) is 15.1. The SMILES string of the molecule is CCOC(=O)c1ccc(NC(=O)[C@@H](C)Oc2ccc(Cl)cc2)c(C)c1. The Hall–Kier alpha value is -2.53. The zero-order valence-electron chi connectivity index (χ0n) is 14.3. The molecule has 0 aliphatic rings. The Morgan fingerprint density at radius 3 is 2.44 bits per heavy atom. The maximum Gasteiger partial charge on any atom is 0.338 e. The Labute approximate surface area is 151 Å². The number of esters is 1. The molecule has 1 N–H and O–H groups in total. The van der Waals surface area contributed by atoms with Crippen LogP contribution < -0.4 is 10.1 Å². The second-order valence-corrected chi connectivity index (χ2v) is 5.89. The van der Waals surface area contributed by atoms with E-state index in [1.165, 1.54) is 0 Å². The van der Waals surface area contributed by atoms with Crippen molar-refractivity contribution in [1.29, 1.82) is 0 Å². The van der Waals surface area contributed by atoms with Crippen molar-refractivity contribution in [2.24, 2.45) is 0 Å². The number of hydrogen-bond donors (Lipinski definition) is 1. The van der Waals surface area contributed by atoms with E-state index in [2.05, 4.69) is 5.32 Å². The number of amides is 1. The lowest BCUT2D eigenvalue weighted by atomic mass is 10.1. The van der Waals surface area contributed by atoms with Gasteiger partial charge in [-0.25, -0.2) is 4.79 Å². The van der Waals surface area contributed by atoms with Gasteiger partial charge in [0.15, 0.2) is 6.10 Å². The van der Waals surface area contributed by atoms with Crippen molar-refractivity contribution in [2.45, 2.75) is 26.9 Å². The minimum atomic E-state index is -0.690. The molecule has 6 heteroatoms. The fourth-order valence-corrected chi connectivity index (χ4v) is 2.28. The number of carbonyl (C=O) groups is 2. The number of halogens is 1. The van der Waals surface area contributed by atoms with E-state index in [0.717, 1.165) is 5.56 Å². The van der Waals surface area contributed by atoms with Crippen LogP contribution in [0.4, 0.5) is 5.69 Å². The van der Waals surface area contributed by atoms with Crippen LogP contribution in [0.1, 0.15) is 29.8 Å². The van der Waals surface area contributed by atoms with Crippen molar-refractivity contribution >= 4 is 29.2 Å². The molecule has 2 rings (SSSR count). The van der Waals surface area contributed by atoms with Gasteiger partial charge in [-0.3, -0.25) is 4.79 Å². The molecule has 25 heavy (non-hydrogen) atoms. The van der Waals surface area contributed by atoms with E-state index < -0.39 is 6.10 Å². The number of ether oxygens (including phenoxy) is 2. The summed E-state index contributed by atoms with van der Waals surface area (Å²) in [5.41, 5.74) is 1.82. The van der Waals surface area contributed by atoms with Gasteiger partial charge < -0.3 is 14.8 Å². The van der Waals surface area contributed by atoms with Crippen molar-refractivity contribution in [1.82, 2.24) is 0 Å². The highest BCUT2D eigenvalue weighted by Crippen LogP contribution is 2.20. The Balaban J connectivity index is 2.01. The summed E-state index contributed by atoms with van der Waals surface area (Å²) in [6, 6.07) is 11.8. The largest absolute Gasteiger partial charge is 0.481 e. The van der Waals surface area contributed by atoms with Crippen LogP contribution in [0.15, 0.2) is 42.5 Å². The molecule has 0 aromatic heterocycles. The molecule has 5 nitrogen and oxygen atoms in total. The Kier molecular flexibility index (Phi) is 6.42. The molecule has 0 fully saturated rings. The number of aryl methyl sites for hydroxylation is 1. The van der Waals surface area contributed by atoms with Gasteiger partial charge in [0.25, 0.3) is 5.91 Å². The van der Waals surface area contributed by atoms with Crippen molar-refractivity contribution < 1.29 is 19.1 Å². The van der Waals surface area contributed by atoms with Crippen LogP contribution in [-0.4, -0.2) is 24.6 Å². The van der Waals surface area contributed by atoms with E-state index in [9.17, 15) is 9.59 Å². The van der Waals surface area contributed by atoms with E-state index in [1.54, 1.807) is 56.3 Å². The smallest absolute Gasteiger partial charge is 0.338 e. The van der Waals surface area contributed by atoms with Gasteiger partial charge in [-0.15, -0.1) is 0 Å². The van der Waals surface area contributed by atoms with Crippen LogP contribution in [0.3, 0.4) is 0 Å². The maximum atomic E-state index is 12.3. The number of benzene rings is 2. The topological polar surface area (TPSA) is 64.6 Å². The van der Waals surface area contributed by atoms with Crippen molar-refractivity contribution in [2.75, 3.05) is 11.9 Å². The molecule has 1 atom stereocenters. The van der Waals surface area contributed by atoms with E-state index in [0.29, 0.717) is 28.6 Å². The fourth-order valence-electron chi connectivity index (χ4n) is 2.15. The summed E-state index contributed by atoms with van der Waals surface area (Å²) in [5.74, 6) is -0.119. The van der Waals surface area contributed by atoms with Crippen molar-refractivity contribution in [3.63, 3.8) is 0 Å². The molecule has 2 aromatic carbocycles. The molecule has 2 aromatic rings. The van der Waals surface area contributed by atoms with Crippen LogP contribution >= 0.6 is 11.6 Å². The second-order valence-electron chi connectivity index (χ2n) is 5.45. The quantitative estimate of drug-likeness (QED) is 0.782. The molecular formula is C19H20ClNO4. The summed E-state index contributed by atoms with van der Waals surface area (Å²) < 4.78 is 10.6. The average molecular weight is 362 g/mol. The lowest BCUT2D eigenvalue weighted by molar-refractivity contribution is -0.122. The van der Waals surface area contributed by atoms with Crippen LogP contribution in [0, 0.1) is 6.92 Å². The van der Waals surface area contributed by atoms with E-state index in [-0.39, 0.29) is 11.9 Å². The number of carbonyl (C=O) groups excluding carboxylic acids is 2. The third-order valence-corrected chi connectivity index (χ3v) is 3.74. The van der Waals surface area contributed by atoms with Crippen molar-refractivity contribution in [3.05, 3.63) is 58.6 Å². The van der Waals surface area contributed by atoms with Gasteiger partial charge in [-0.05, 0) is 68.8 Å². The molecule has 0 saturated carbocycles. The van der Waals surface area contributed by atoms with E-state index in [1.807, 2.05) is 6.92 Å². The lowest BCUT2D eigenvalue weighted by Crippen LogP contribution is -2.30. The van der Waals surface area contributed by atoms with Gasteiger partial charge in [0.1, 0.15) is 5.75 Å². The van der Waals surface area contributed by atoms with Gasteiger partial charge >= 0.3 is 5.97 Å². The van der Waals surface area contributed by atoms with Crippen LogP contribution in [-0.2, 0) is 9.53 Å². The Bertz CT molecular complexity index is 759. The molecular weight excluding hydrogens is 342 g/mol. The second kappa shape index (κ2) is 8.53. The Morgan fingerprint density at radius 2 is 1.84 bits per heavy atom. The number of hydrogen-bond acceptors (Lipinski definition) is 4. The summed E-state index contributed by atoms with van der Waals surface area (Å²) in [7, 11) is 0.